The van der Waals surface area contributed by atoms with E-state index in [2.05, 4.69) is 5.32 Å². The monoisotopic (exact) mass is 328 g/mol. The van der Waals surface area contributed by atoms with Crippen molar-refractivity contribution >= 4 is 17.6 Å². The highest BCUT2D eigenvalue weighted by Crippen LogP contribution is 2.13. The summed E-state index contributed by atoms with van der Waals surface area (Å²) in [6, 6.07) is 13.6. The van der Waals surface area contributed by atoms with E-state index in [4.69, 9.17) is 4.74 Å². The smallest absolute Gasteiger partial charge is 0.328 e. The first-order valence-corrected chi connectivity index (χ1v) is 7.23. The van der Waals surface area contributed by atoms with Crippen LogP contribution in [0.25, 0.3) is 0 Å². The van der Waals surface area contributed by atoms with Crippen LogP contribution in [-0.4, -0.2) is 22.8 Å². The lowest BCUT2D eigenvalue weighted by Crippen LogP contribution is -2.39. The fourth-order valence-corrected chi connectivity index (χ4v) is 1.95. The highest BCUT2D eigenvalue weighted by molar-refractivity contribution is 5.97. The lowest BCUT2D eigenvalue weighted by atomic mass is 10.2. The third-order valence-electron chi connectivity index (χ3n) is 3.24. The molecule has 0 aliphatic rings. The van der Waals surface area contributed by atoms with Gasteiger partial charge in [0.2, 0.25) is 0 Å². The highest BCUT2D eigenvalue weighted by Gasteiger charge is 2.19. The molecule has 0 aliphatic carbocycles. The number of nitro benzene ring substituents is 1. The molecule has 2 rings (SSSR count). The molecule has 1 amide bonds. The maximum absolute atomic E-state index is 12.1. The normalized spacial score (nSPS) is 11.4. The lowest BCUT2D eigenvalue weighted by molar-refractivity contribution is -0.384. The molecular formula is C17H16N2O5. The van der Waals surface area contributed by atoms with Crippen molar-refractivity contribution < 1.29 is 19.2 Å². The Morgan fingerprint density at radius 1 is 1.17 bits per heavy atom. The van der Waals surface area contributed by atoms with Crippen LogP contribution >= 0.6 is 0 Å². The summed E-state index contributed by atoms with van der Waals surface area (Å²) in [5.41, 5.74) is 0.747. The predicted molar refractivity (Wildman–Crippen MR) is 86.3 cm³/mol. The summed E-state index contributed by atoms with van der Waals surface area (Å²) in [5.74, 6) is -1.17. The summed E-state index contributed by atoms with van der Waals surface area (Å²) < 4.78 is 5.13. The molecule has 2 aromatic carbocycles. The number of hydrogen-bond donors (Lipinski definition) is 1. The van der Waals surface area contributed by atoms with Crippen LogP contribution in [0, 0.1) is 10.1 Å². The number of non-ortho nitro benzene ring substituents is 1. The second kappa shape index (κ2) is 7.87. The number of nitrogens with one attached hydrogen (secondary N) is 1. The summed E-state index contributed by atoms with van der Waals surface area (Å²) in [6.07, 6.45) is 0. The minimum absolute atomic E-state index is 0.104. The molecule has 0 saturated carbocycles. The maximum Gasteiger partial charge on any atom is 0.328 e. The van der Waals surface area contributed by atoms with Gasteiger partial charge in [-0.25, -0.2) is 4.79 Å². The fraction of sp³-hybridized carbons (Fsp3) is 0.176. The van der Waals surface area contributed by atoms with E-state index in [1.54, 1.807) is 0 Å². The van der Waals surface area contributed by atoms with Gasteiger partial charge in [0.1, 0.15) is 12.6 Å². The number of esters is 1. The van der Waals surface area contributed by atoms with E-state index in [1.807, 2.05) is 30.3 Å². The third-order valence-corrected chi connectivity index (χ3v) is 3.24. The predicted octanol–water partition coefficient (Wildman–Crippen LogP) is 2.46. The van der Waals surface area contributed by atoms with Gasteiger partial charge in [-0.2, -0.15) is 0 Å². The standard InChI is InChI=1S/C17H16N2O5/c1-12(17(21)24-11-13-6-3-2-4-7-13)18-16(20)14-8-5-9-15(10-14)19(22)23/h2-10,12H,11H2,1H3,(H,18,20)/t12-/m0/s1. The molecule has 0 aliphatic heterocycles. The Hall–Kier alpha value is -3.22. The van der Waals surface area contributed by atoms with Crippen molar-refractivity contribution in [3.05, 3.63) is 75.8 Å². The van der Waals surface area contributed by atoms with Crippen LogP contribution in [-0.2, 0) is 16.1 Å². The minimum Gasteiger partial charge on any atom is -0.459 e. The molecule has 7 nitrogen and oxygen atoms in total. The van der Waals surface area contributed by atoms with Crippen LogP contribution in [0.3, 0.4) is 0 Å². The quantitative estimate of drug-likeness (QED) is 0.499. The summed E-state index contributed by atoms with van der Waals surface area (Å²) in [7, 11) is 0. The molecule has 7 heteroatoms. The van der Waals surface area contributed by atoms with Crippen molar-refractivity contribution in [2.45, 2.75) is 19.6 Å². The number of carbonyl (C=O) groups is 2. The molecule has 2 aromatic rings. The number of benzene rings is 2. The summed E-state index contributed by atoms with van der Waals surface area (Å²) >= 11 is 0. The van der Waals surface area contributed by atoms with E-state index >= 15 is 0 Å². The van der Waals surface area contributed by atoms with Crippen LogP contribution in [0.15, 0.2) is 54.6 Å². The van der Waals surface area contributed by atoms with Gasteiger partial charge in [-0.05, 0) is 18.6 Å². The maximum atomic E-state index is 12.1. The number of nitro groups is 1. The summed E-state index contributed by atoms with van der Waals surface area (Å²) in [6.45, 7) is 1.60. The highest BCUT2D eigenvalue weighted by atomic mass is 16.6. The molecule has 0 radical (unpaired) electrons. The SMILES string of the molecule is C[C@H](NC(=O)c1cccc([N+](=O)[O-])c1)C(=O)OCc1ccccc1. The first kappa shape index (κ1) is 17.1. The fourth-order valence-electron chi connectivity index (χ4n) is 1.95. The average Bonchev–Trinajstić information content (AvgIpc) is 2.60. The molecule has 24 heavy (non-hydrogen) atoms. The van der Waals surface area contributed by atoms with E-state index in [1.165, 1.54) is 25.1 Å². The number of hydrogen-bond acceptors (Lipinski definition) is 5. The number of ether oxygens (including phenoxy) is 1. The van der Waals surface area contributed by atoms with Crippen LogP contribution in [0.1, 0.15) is 22.8 Å². The molecule has 0 unspecified atom stereocenters. The molecule has 1 N–H and O–H groups in total. The van der Waals surface area contributed by atoms with Gasteiger partial charge in [-0.15, -0.1) is 0 Å². The topological polar surface area (TPSA) is 98.5 Å². The third kappa shape index (κ3) is 4.64. The molecule has 1 atom stereocenters. The largest absolute Gasteiger partial charge is 0.459 e. The Morgan fingerprint density at radius 3 is 2.54 bits per heavy atom. The van der Waals surface area contributed by atoms with Gasteiger partial charge in [0.25, 0.3) is 11.6 Å². The van der Waals surface area contributed by atoms with Gasteiger partial charge in [-0.1, -0.05) is 36.4 Å². The van der Waals surface area contributed by atoms with Crippen LogP contribution in [0.5, 0.6) is 0 Å². The van der Waals surface area contributed by atoms with Crippen molar-refractivity contribution in [3.8, 4) is 0 Å². The van der Waals surface area contributed by atoms with Gasteiger partial charge in [0.05, 0.1) is 4.92 Å². The van der Waals surface area contributed by atoms with Crippen LogP contribution in [0.2, 0.25) is 0 Å². The molecule has 0 spiro atoms. The van der Waals surface area contributed by atoms with Gasteiger partial charge in [-0.3, -0.25) is 14.9 Å². The first-order chi connectivity index (χ1) is 11.5. The Kier molecular flexibility index (Phi) is 5.62. The molecule has 124 valence electrons. The number of nitrogens with zero attached hydrogens (tertiary/aromatic N) is 1. The van der Waals surface area contributed by atoms with Crippen molar-refractivity contribution in [2.24, 2.45) is 0 Å². The van der Waals surface area contributed by atoms with Crippen molar-refractivity contribution in [2.75, 3.05) is 0 Å². The molecule has 0 bridgehead atoms. The average molecular weight is 328 g/mol. The Balaban J connectivity index is 1.92. The molecular weight excluding hydrogens is 312 g/mol. The summed E-state index contributed by atoms with van der Waals surface area (Å²) in [5, 5.41) is 13.2. The van der Waals surface area contributed by atoms with Gasteiger partial charge in [0.15, 0.2) is 0 Å². The second-order valence-corrected chi connectivity index (χ2v) is 5.10. The zero-order chi connectivity index (χ0) is 17.5. The minimum atomic E-state index is -0.875. The van der Waals surface area contributed by atoms with Gasteiger partial charge < -0.3 is 10.1 Å². The number of amides is 1. The Morgan fingerprint density at radius 2 is 1.88 bits per heavy atom. The van der Waals surface area contributed by atoms with E-state index in [-0.39, 0.29) is 17.9 Å². The number of carbonyl (C=O) groups excluding carboxylic acids is 2. The van der Waals surface area contributed by atoms with Crippen molar-refractivity contribution in [3.63, 3.8) is 0 Å². The molecule has 0 aromatic heterocycles. The number of rotatable bonds is 6. The second-order valence-electron chi connectivity index (χ2n) is 5.10. The summed E-state index contributed by atoms with van der Waals surface area (Å²) in [4.78, 5) is 34.1. The van der Waals surface area contributed by atoms with E-state index < -0.39 is 22.8 Å². The Labute approximate surface area is 138 Å². The van der Waals surface area contributed by atoms with E-state index in [0.717, 1.165) is 11.6 Å². The zero-order valence-corrected chi connectivity index (χ0v) is 13.0. The van der Waals surface area contributed by atoms with E-state index in [9.17, 15) is 19.7 Å². The van der Waals surface area contributed by atoms with Gasteiger partial charge in [0, 0.05) is 17.7 Å². The molecule has 0 fully saturated rings. The zero-order valence-electron chi connectivity index (χ0n) is 13.0. The van der Waals surface area contributed by atoms with Crippen molar-refractivity contribution in [1.82, 2.24) is 5.32 Å². The van der Waals surface area contributed by atoms with Gasteiger partial charge >= 0.3 is 5.97 Å². The van der Waals surface area contributed by atoms with Crippen LogP contribution in [0.4, 0.5) is 5.69 Å². The first-order valence-electron chi connectivity index (χ1n) is 7.23. The Bertz CT molecular complexity index is 746. The lowest BCUT2D eigenvalue weighted by Gasteiger charge is -2.13. The van der Waals surface area contributed by atoms with E-state index in [0.29, 0.717) is 0 Å². The van der Waals surface area contributed by atoms with Crippen molar-refractivity contribution in [1.29, 1.82) is 0 Å². The van der Waals surface area contributed by atoms with Crippen LogP contribution < -0.4 is 5.32 Å². The molecule has 0 saturated heterocycles. The molecule has 0 heterocycles.